The average molecular weight is 415 g/mol. The van der Waals surface area contributed by atoms with Crippen LogP contribution in [-0.2, 0) is 0 Å². The number of amides is 2. The normalized spacial score (nSPS) is 11.1. The minimum absolute atomic E-state index is 0.296. The zero-order chi connectivity index (χ0) is 20.3. The van der Waals surface area contributed by atoms with Crippen molar-refractivity contribution in [1.29, 1.82) is 0 Å². The maximum absolute atomic E-state index is 12.5. The van der Waals surface area contributed by atoms with Crippen LogP contribution in [0.1, 0.15) is 71.6 Å². The van der Waals surface area contributed by atoms with Gasteiger partial charge in [-0.25, -0.2) is 9.97 Å². The smallest absolute Gasteiger partial charge is 0.257 e. The van der Waals surface area contributed by atoms with E-state index < -0.39 is 0 Å². The lowest BCUT2D eigenvalue weighted by Crippen LogP contribution is -2.15. The van der Waals surface area contributed by atoms with Crippen molar-refractivity contribution in [1.82, 2.24) is 9.97 Å². The van der Waals surface area contributed by atoms with E-state index in [1.165, 1.54) is 22.7 Å². The lowest BCUT2D eigenvalue weighted by molar-refractivity contribution is 0.102. The molecule has 0 atom stereocenters. The Hall–Kier alpha value is -2.58. The number of thiazole rings is 2. The predicted octanol–water partition coefficient (Wildman–Crippen LogP) is 5.35. The second kappa shape index (κ2) is 8.62. The number of carbonyl (C=O) groups excluding carboxylic acids is 2. The maximum Gasteiger partial charge on any atom is 0.257 e. The van der Waals surface area contributed by atoms with Crippen LogP contribution in [0.5, 0.6) is 0 Å². The summed E-state index contributed by atoms with van der Waals surface area (Å²) in [5.74, 6) is 0.0123. The molecule has 0 aliphatic carbocycles. The van der Waals surface area contributed by atoms with Gasteiger partial charge in [-0.15, -0.1) is 22.7 Å². The first-order valence-corrected chi connectivity index (χ1v) is 10.7. The Labute approximate surface area is 172 Å². The standard InChI is InChI=1S/C20H22N4O2S2/c1-11(2)15-9-27-19(21-15)23-17(25)13-6-5-7-14(8-13)18(26)24-20-22-16(10-28-20)12(3)4/h5-12H,1-4H3,(H,21,23,25)(H,22,24,26). The van der Waals surface area contributed by atoms with Gasteiger partial charge in [0.25, 0.3) is 11.8 Å². The molecule has 6 nitrogen and oxygen atoms in total. The number of nitrogens with zero attached hydrogens (tertiary/aromatic N) is 2. The summed E-state index contributed by atoms with van der Waals surface area (Å²) in [4.78, 5) is 33.8. The topological polar surface area (TPSA) is 84.0 Å². The number of aromatic nitrogens is 2. The third-order valence-electron chi connectivity index (χ3n) is 4.05. The van der Waals surface area contributed by atoms with Crippen LogP contribution >= 0.6 is 22.7 Å². The Morgan fingerprint density at radius 2 is 1.25 bits per heavy atom. The van der Waals surface area contributed by atoms with Gasteiger partial charge in [0.05, 0.1) is 11.4 Å². The molecule has 1 aromatic carbocycles. The summed E-state index contributed by atoms with van der Waals surface area (Å²) in [6, 6.07) is 6.60. The predicted molar refractivity (Wildman–Crippen MR) is 115 cm³/mol. The Morgan fingerprint density at radius 1 is 0.821 bits per heavy atom. The van der Waals surface area contributed by atoms with Crippen molar-refractivity contribution in [2.75, 3.05) is 10.6 Å². The van der Waals surface area contributed by atoms with Crippen LogP contribution in [0.25, 0.3) is 0 Å². The molecule has 0 radical (unpaired) electrons. The zero-order valence-corrected chi connectivity index (χ0v) is 17.8. The van der Waals surface area contributed by atoms with Crippen LogP contribution in [0.4, 0.5) is 10.3 Å². The van der Waals surface area contributed by atoms with Crippen LogP contribution in [0.15, 0.2) is 35.0 Å². The van der Waals surface area contributed by atoms with Crippen molar-refractivity contribution < 1.29 is 9.59 Å². The number of carbonyl (C=O) groups is 2. The van der Waals surface area contributed by atoms with Crippen LogP contribution in [0, 0.1) is 0 Å². The van der Waals surface area contributed by atoms with Gasteiger partial charge in [0, 0.05) is 21.9 Å². The van der Waals surface area contributed by atoms with Crippen molar-refractivity contribution in [3.63, 3.8) is 0 Å². The Kier molecular flexibility index (Phi) is 6.21. The summed E-state index contributed by atoms with van der Waals surface area (Å²) in [7, 11) is 0. The highest BCUT2D eigenvalue weighted by Crippen LogP contribution is 2.23. The molecule has 2 N–H and O–H groups in total. The van der Waals surface area contributed by atoms with Gasteiger partial charge >= 0.3 is 0 Å². The van der Waals surface area contributed by atoms with E-state index in [2.05, 4.69) is 48.3 Å². The molecule has 0 aliphatic heterocycles. The molecule has 0 unspecified atom stereocenters. The molecule has 3 aromatic rings. The third kappa shape index (κ3) is 4.82. The van der Waals surface area contributed by atoms with E-state index in [0.717, 1.165) is 11.4 Å². The van der Waals surface area contributed by atoms with Gasteiger partial charge in [-0.05, 0) is 30.0 Å². The van der Waals surface area contributed by atoms with Gasteiger partial charge in [-0.2, -0.15) is 0 Å². The fourth-order valence-electron chi connectivity index (χ4n) is 2.36. The van der Waals surface area contributed by atoms with Crippen LogP contribution in [0.3, 0.4) is 0 Å². The van der Waals surface area contributed by atoms with E-state index in [1.54, 1.807) is 24.3 Å². The van der Waals surface area contributed by atoms with E-state index in [0.29, 0.717) is 33.2 Å². The maximum atomic E-state index is 12.5. The molecule has 28 heavy (non-hydrogen) atoms. The molecule has 2 heterocycles. The molecule has 0 saturated carbocycles. The van der Waals surface area contributed by atoms with Crippen molar-refractivity contribution in [3.05, 3.63) is 57.5 Å². The van der Waals surface area contributed by atoms with Gasteiger partial charge in [0.15, 0.2) is 10.3 Å². The number of anilines is 2. The number of benzene rings is 1. The number of rotatable bonds is 6. The molecule has 146 valence electrons. The Balaban J connectivity index is 1.69. The summed E-state index contributed by atoms with van der Waals surface area (Å²) >= 11 is 2.78. The van der Waals surface area contributed by atoms with Gasteiger partial charge in [0.1, 0.15) is 0 Å². The summed E-state index contributed by atoms with van der Waals surface area (Å²) in [6.07, 6.45) is 0. The van der Waals surface area contributed by atoms with Gasteiger partial charge < -0.3 is 0 Å². The molecule has 0 fully saturated rings. The molecule has 0 bridgehead atoms. The van der Waals surface area contributed by atoms with Crippen molar-refractivity contribution in [2.24, 2.45) is 0 Å². The van der Waals surface area contributed by atoms with E-state index in [9.17, 15) is 9.59 Å². The summed E-state index contributed by atoms with van der Waals surface area (Å²) in [6.45, 7) is 8.20. The largest absolute Gasteiger partial charge is 0.298 e. The minimum Gasteiger partial charge on any atom is -0.298 e. The van der Waals surface area contributed by atoms with Gasteiger partial charge in [-0.1, -0.05) is 33.8 Å². The SMILES string of the molecule is CC(C)c1csc(NC(=O)c2cccc(C(=O)Nc3nc(C(C)C)cs3)c2)n1. The monoisotopic (exact) mass is 414 g/mol. The van der Waals surface area contributed by atoms with Gasteiger partial charge in [-0.3, -0.25) is 20.2 Å². The lowest BCUT2D eigenvalue weighted by Gasteiger charge is -2.06. The fraction of sp³-hybridized carbons (Fsp3) is 0.300. The van der Waals surface area contributed by atoms with Crippen molar-refractivity contribution in [2.45, 2.75) is 39.5 Å². The second-order valence-corrected chi connectivity index (χ2v) is 8.67. The van der Waals surface area contributed by atoms with E-state index in [1.807, 2.05) is 10.8 Å². The molecule has 0 saturated heterocycles. The van der Waals surface area contributed by atoms with Crippen molar-refractivity contribution >= 4 is 44.8 Å². The number of hydrogen-bond donors (Lipinski definition) is 2. The molecular weight excluding hydrogens is 392 g/mol. The minimum atomic E-state index is -0.296. The highest BCUT2D eigenvalue weighted by molar-refractivity contribution is 7.14. The molecule has 0 spiro atoms. The van der Waals surface area contributed by atoms with Crippen LogP contribution < -0.4 is 10.6 Å². The van der Waals surface area contributed by atoms with Crippen LogP contribution in [-0.4, -0.2) is 21.8 Å². The Bertz CT molecular complexity index is 916. The molecule has 8 heteroatoms. The summed E-state index contributed by atoms with van der Waals surface area (Å²) in [5, 5.41) is 10.5. The first-order chi connectivity index (χ1) is 13.3. The van der Waals surface area contributed by atoms with Gasteiger partial charge in [0.2, 0.25) is 0 Å². The highest BCUT2D eigenvalue weighted by atomic mass is 32.1. The first-order valence-electron chi connectivity index (χ1n) is 8.97. The summed E-state index contributed by atoms with van der Waals surface area (Å²) in [5.41, 5.74) is 2.68. The molecule has 3 rings (SSSR count). The molecule has 0 aliphatic rings. The van der Waals surface area contributed by atoms with Crippen molar-refractivity contribution in [3.8, 4) is 0 Å². The molecule has 2 aromatic heterocycles. The molecular formula is C20H22N4O2S2. The lowest BCUT2D eigenvalue weighted by atomic mass is 10.1. The second-order valence-electron chi connectivity index (χ2n) is 6.95. The van der Waals surface area contributed by atoms with E-state index >= 15 is 0 Å². The summed E-state index contributed by atoms with van der Waals surface area (Å²) < 4.78 is 0. The number of nitrogens with one attached hydrogen (secondary N) is 2. The number of hydrogen-bond acceptors (Lipinski definition) is 6. The average Bonchev–Trinajstić information content (AvgIpc) is 3.31. The fourth-order valence-corrected chi connectivity index (χ4v) is 4.09. The quantitative estimate of drug-likeness (QED) is 0.569. The molecule has 2 amide bonds. The van der Waals surface area contributed by atoms with E-state index in [4.69, 9.17) is 0 Å². The third-order valence-corrected chi connectivity index (χ3v) is 5.61. The van der Waals surface area contributed by atoms with Crippen LogP contribution in [0.2, 0.25) is 0 Å². The highest BCUT2D eigenvalue weighted by Gasteiger charge is 2.14. The van der Waals surface area contributed by atoms with E-state index in [-0.39, 0.29) is 11.8 Å². The zero-order valence-electron chi connectivity index (χ0n) is 16.1. The Morgan fingerprint density at radius 3 is 1.61 bits per heavy atom. The first kappa shape index (κ1) is 20.2.